The van der Waals surface area contributed by atoms with Crippen molar-refractivity contribution < 1.29 is 18.0 Å². The van der Waals surface area contributed by atoms with Gasteiger partial charge in [-0.05, 0) is 19.8 Å². The SMILES string of the molecule is CC1(N)CCCCC1C(=O)Nc1nnc(CC(F)(F)F)s1.Cl. The Kier molecular flexibility index (Phi) is 6.17. The molecule has 1 amide bonds. The van der Waals surface area contributed by atoms with Crippen LogP contribution >= 0.6 is 23.7 Å². The Balaban J connectivity index is 0.00000242. The second-order valence-corrected chi connectivity index (χ2v) is 6.65. The third-order valence-corrected chi connectivity index (χ3v) is 4.46. The molecular weight excluding hydrogens is 341 g/mol. The van der Waals surface area contributed by atoms with Gasteiger partial charge in [-0.1, -0.05) is 24.2 Å². The highest BCUT2D eigenvalue weighted by Crippen LogP contribution is 2.33. The molecule has 1 aromatic heterocycles. The van der Waals surface area contributed by atoms with E-state index in [0.717, 1.165) is 30.6 Å². The van der Waals surface area contributed by atoms with E-state index in [1.54, 1.807) is 0 Å². The van der Waals surface area contributed by atoms with Crippen molar-refractivity contribution in [3.05, 3.63) is 5.01 Å². The number of hydrogen-bond donors (Lipinski definition) is 2. The van der Waals surface area contributed by atoms with E-state index >= 15 is 0 Å². The van der Waals surface area contributed by atoms with Crippen LogP contribution in [-0.2, 0) is 11.2 Å². The van der Waals surface area contributed by atoms with Gasteiger partial charge in [-0.2, -0.15) is 13.2 Å². The Morgan fingerprint density at radius 2 is 2.14 bits per heavy atom. The van der Waals surface area contributed by atoms with Crippen molar-refractivity contribution in [3.8, 4) is 0 Å². The minimum absolute atomic E-state index is 0. The van der Waals surface area contributed by atoms with Crippen molar-refractivity contribution in [2.24, 2.45) is 11.7 Å². The number of anilines is 1. The highest BCUT2D eigenvalue weighted by Gasteiger charge is 2.38. The molecule has 10 heteroatoms. The van der Waals surface area contributed by atoms with E-state index in [-0.39, 0.29) is 34.4 Å². The quantitative estimate of drug-likeness (QED) is 0.870. The monoisotopic (exact) mass is 358 g/mol. The first-order valence-electron chi connectivity index (χ1n) is 6.66. The predicted molar refractivity (Wildman–Crippen MR) is 80.1 cm³/mol. The van der Waals surface area contributed by atoms with E-state index in [1.165, 1.54) is 0 Å². The van der Waals surface area contributed by atoms with Crippen LogP contribution in [0.25, 0.3) is 0 Å². The average molecular weight is 359 g/mol. The summed E-state index contributed by atoms with van der Waals surface area (Å²) >= 11 is 0.737. The minimum atomic E-state index is -4.33. The van der Waals surface area contributed by atoms with Gasteiger partial charge in [-0.25, -0.2) is 0 Å². The Morgan fingerprint density at radius 1 is 1.45 bits per heavy atom. The molecule has 1 fully saturated rings. The van der Waals surface area contributed by atoms with Crippen LogP contribution in [0.1, 0.15) is 37.6 Å². The molecule has 0 spiro atoms. The maximum Gasteiger partial charge on any atom is 0.395 e. The number of aromatic nitrogens is 2. The number of halogens is 4. The fourth-order valence-corrected chi connectivity index (χ4v) is 3.30. The summed E-state index contributed by atoms with van der Waals surface area (Å²) in [6.07, 6.45) is -2.15. The number of hydrogen-bond acceptors (Lipinski definition) is 5. The first-order chi connectivity index (χ1) is 9.67. The maximum atomic E-state index is 12.2. The zero-order valence-corrected chi connectivity index (χ0v) is 13.6. The molecule has 126 valence electrons. The van der Waals surface area contributed by atoms with Gasteiger partial charge < -0.3 is 11.1 Å². The molecule has 0 radical (unpaired) electrons. The highest BCUT2D eigenvalue weighted by atomic mass is 35.5. The second kappa shape index (κ2) is 7.10. The highest BCUT2D eigenvalue weighted by molar-refractivity contribution is 7.15. The molecule has 1 aliphatic carbocycles. The van der Waals surface area contributed by atoms with Crippen LogP contribution in [0.15, 0.2) is 0 Å². The van der Waals surface area contributed by atoms with Gasteiger partial charge in [-0.15, -0.1) is 22.6 Å². The number of nitrogens with zero attached hydrogens (tertiary/aromatic N) is 2. The molecule has 3 N–H and O–H groups in total. The molecule has 22 heavy (non-hydrogen) atoms. The summed E-state index contributed by atoms with van der Waals surface area (Å²) in [5, 5.41) is 9.46. The second-order valence-electron chi connectivity index (χ2n) is 5.59. The van der Waals surface area contributed by atoms with Crippen LogP contribution in [0.5, 0.6) is 0 Å². The standard InChI is InChI=1S/C12H17F3N4OS.ClH/c1-11(16)5-3-2-4-7(11)9(20)17-10-19-18-8(21-10)6-12(13,14)15;/h7H,2-6,16H2,1H3,(H,17,19,20);1H. The zero-order chi connectivity index (χ0) is 15.7. The van der Waals surface area contributed by atoms with Gasteiger partial charge in [0.25, 0.3) is 0 Å². The zero-order valence-electron chi connectivity index (χ0n) is 11.9. The van der Waals surface area contributed by atoms with Gasteiger partial charge in [0.05, 0.1) is 12.3 Å². The summed E-state index contributed by atoms with van der Waals surface area (Å²) in [5.41, 5.74) is 5.53. The topological polar surface area (TPSA) is 80.9 Å². The summed E-state index contributed by atoms with van der Waals surface area (Å²) in [6, 6.07) is 0. The van der Waals surface area contributed by atoms with E-state index in [1.807, 2.05) is 6.92 Å². The van der Waals surface area contributed by atoms with E-state index in [9.17, 15) is 18.0 Å². The molecule has 1 aromatic rings. The number of amides is 1. The largest absolute Gasteiger partial charge is 0.395 e. The molecule has 5 nitrogen and oxygen atoms in total. The van der Waals surface area contributed by atoms with Crippen molar-refractivity contribution >= 4 is 34.8 Å². The fraction of sp³-hybridized carbons (Fsp3) is 0.750. The van der Waals surface area contributed by atoms with E-state index in [2.05, 4.69) is 15.5 Å². The molecule has 0 saturated heterocycles. The average Bonchev–Trinajstić information content (AvgIpc) is 2.73. The Labute approximate surface area is 136 Å². The first kappa shape index (κ1) is 19.1. The molecular formula is C12H18ClF3N4OS. The van der Waals surface area contributed by atoms with Crippen LogP contribution in [0, 0.1) is 5.92 Å². The number of nitrogens with one attached hydrogen (secondary N) is 1. The van der Waals surface area contributed by atoms with E-state index < -0.39 is 18.1 Å². The minimum Gasteiger partial charge on any atom is -0.325 e. The molecule has 1 heterocycles. The van der Waals surface area contributed by atoms with Crippen LogP contribution < -0.4 is 11.1 Å². The number of rotatable bonds is 3. The predicted octanol–water partition coefficient (Wildman–Crippen LogP) is 2.91. The van der Waals surface area contributed by atoms with Gasteiger partial charge in [-0.3, -0.25) is 4.79 Å². The summed E-state index contributed by atoms with van der Waals surface area (Å²) in [5.74, 6) is -0.657. The number of carbonyl (C=O) groups is 1. The van der Waals surface area contributed by atoms with Gasteiger partial charge in [0.2, 0.25) is 11.0 Å². The lowest BCUT2D eigenvalue weighted by molar-refractivity contribution is -0.127. The van der Waals surface area contributed by atoms with Gasteiger partial charge in [0.1, 0.15) is 5.01 Å². The van der Waals surface area contributed by atoms with Crippen molar-refractivity contribution in [2.45, 2.75) is 50.7 Å². The Bertz CT molecular complexity index is 521. The molecule has 0 aromatic carbocycles. The summed E-state index contributed by atoms with van der Waals surface area (Å²) in [6.45, 7) is 1.82. The van der Waals surface area contributed by atoms with Crippen molar-refractivity contribution in [1.29, 1.82) is 0 Å². The van der Waals surface area contributed by atoms with Gasteiger partial charge in [0, 0.05) is 5.54 Å². The lowest BCUT2D eigenvalue weighted by Gasteiger charge is -2.36. The number of carbonyl (C=O) groups excluding carboxylic acids is 1. The van der Waals surface area contributed by atoms with Gasteiger partial charge >= 0.3 is 6.18 Å². The fourth-order valence-electron chi connectivity index (χ4n) is 2.53. The first-order valence-corrected chi connectivity index (χ1v) is 7.48. The molecule has 2 unspecified atom stereocenters. The lowest BCUT2D eigenvalue weighted by atomic mass is 9.74. The third kappa shape index (κ3) is 5.06. The Hall–Kier alpha value is -0.930. The summed E-state index contributed by atoms with van der Waals surface area (Å²) < 4.78 is 36.7. The van der Waals surface area contributed by atoms with Crippen molar-refractivity contribution in [1.82, 2.24) is 10.2 Å². The molecule has 0 bridgehead atoms. The molecule has 2 rings (SSSR count). The normalized spacial score (nSPS) is 25.4. The van der Waals surface area contributed by atoms with Crippen LogP contribution in [-0.4, -0.2) is 27.8 Å². The Morgan fingerprint density at radius 3 is 2.73 bits per heavy atom. The van der Waals surface area contributed by atoms with Crippen LogP contribution in [0.2, 0.25) is 0 Å². The van der Waals surface area contributed by atoms with Crippen LogP contribution in [0.4, 0.5) is 18.3 Å². The molecule has 1 aliphatic rings. The maximum absolute atomic E-state index is 12.2. The van der Waals surface area contributed by atoms with Crippen LogP contribution in [0.3, 0.4) is 0 Å². The summed E-state index contributed by atoms with van der Waals surface area (Å²) in [7, 11) is 0. The smallest absolute Gasteiger partial charge is 0.325 e. The summed E-state index contributed by atoms with van der Waals surface area (Å²) in [4.78, 5) is 12.2. The number of alkyl halides is 3. The number of nitrogens with two attached hydrogens (primary N) is 1. The van der Waals surface area contributed by atoms with E-state index in [0.29, 0.717) is 6.42 Å². The van der Waals surface area contributed by atoms with E-state index in [4.69, 9.17) is 5.73 Å². The third-order valence-electron chi connectivity index (χ3n) is 3.62. The lowest BCUT2D eigenvalue weighted by Crippen LogP contribution is -2.51. The van der Waals surface area contributed by atoms with Gasteiger partial charge in [0.15, 0.2) is 0 Å². The van der Waals surface area contributed by atoms with Crippen molar-refractivity contribution in [3.63, 3.8) is 0 Å². The molecule has 2 atom stereocenters. The van der Waals surface area contributed by atoms with Crippen molar-refractivity contribution in [2.75, 3.05) is 5.32 Å². The molecule has 0 aliphatic heterocycles. The molecule has 1 saturated carbocycles.